The maximum atomic E-state index is 2.43. The van der Waals surface area contributed by atoms with Crippen LogP contribution in [-0.4, -0.2) is 39.8 Å². The first-order chi connectivity index (χ1) is 5.42. The van der Waals surface area contributed by atoms with Gasteiger partial charge in [-0.25, -0.2) is 0 Å². The van der Waals surface area contributed by atoms with Crippen molar-refractivity contribution in [2.45, 2.75) is 31.7 Å². The van der Waals surface area contributed by atoms with Crippen molar-refractivity contribution >= 4 is 39.8 Å². The molecule has 2 aliphatic rings. The molecular formula is C10H17NaSi. The van der Waals surface area contributed by atoms with Crippen LogP contribution in [0.5, 0.6) is 0 Å². The van der Waals surface area contributed by atoms with E-state index in [-0.39, 0.29) is 29.6 Å². The Morgan fingerprint density at radius 2 is 2.08 bits per heavy atom. The Morgan fingerprint density at radius 1 is 1.33 bits per heavy atom. The Bertz CT molecular complexity index is 218. The molecule has 0 saturated carbocycles. The van der Waals surface area contributed by atoms with Crippen molar-refractivity contribution in [1.82, 2.24) is 0 Å². The van der Waals surface area contributed by atoms with Gasteiger partial charge in [-0.2, -0.15) is 0 Å². The Kier molecular flexibility index (Phi) is 4.31. The van der Waals surface area contributed by atoms with Crippen molar-refractivity contribution in [3.05, 3.63) is 23.3 Å². The second-order valence-corrected chi connectivity index (χ2v) is 4.45. The first-order valence-corrected chi connectivity index (χ1v) is 6.23. The molecule has 2 rings (SSSR count). The SMILES string of the molecule is [NaH].[SiH3]CC1C=CC2=C1CCCC2. The van der Waals surface area contributed by atoms with Gasteiger partial charge in [-0.15, -0.1) is 0 Å². The molecule has 0 bridgehead atoms. The summed E-state index contributed by atoms with van der Waals surface area (Å²) in [5, 5.41) is 0. The fraction of sp³-hybridized carbons (Fsp3) is 0.600. The normalized spacial score (nSPS) is 27.2. The third-order valence-electron chi connectivity index (χ3n) is 2.97. The predicted octanol–water partition coefficient (Wildman–Crippen LogP) is 1.18. The molecule has 1 unspecified atom stereocenters. The van der Waals surface area contributed by atoms with Crippen LogP contribution in [0.2, 0.25) is 6.04 Å². The molecule has 0 aromatic heterocycles. The topological polar surface area (TPSA) is 0 Å². The molecule has 0 spiro atoms. The van der Waals surface area contributed by atoms with Crippen LogP contribution in [0.1, 0.15) is 25.7 Å². The molecular weight excluding hydrogens is 171 g/mol. The minimum absolute atomic E-state index is 0. The zero-order chi connectivity index (χ0) is 7.68. The van der Waals surface area contributed by atoms with E-state index < -0.39 is 0 Å². The summed E-state index contributed by atoms with van der Waals surface area (Å²) in [6, 6.07) is 1.44. The van der Waals surface area contributed by atoms with E-state index in [0.717, 1.165) is 5.92 Å². The van der Waals surface area contributed by atoms with E-state index >= 15 is 0 Å². The summed E-state index contributed by atoms with van der Waals surface area (Å²) in [5.41, 5.74) is 3.49. The van der Waals surface area contributed by atoms with E-state index in [0.29, 0.717) is 0 Å². The molecule has 0 aliphatic heterocycles. The van der Waals surface area contributed by atoms with Crippen LogP contribution in [0.25, 0.3) is 0 Å². The molecule has 0 amide bonds. The summed E-state index contributed by atoms with van der Waals surface area (Å²) in [6.07, 6.45) is 10.5. The van der Waals surface area contributed by atoms with Crippen molar-refractivity contribution < 1.29 is 0 Å². The van der Waals surface area contributed by atoms with Gasteiger partial charge >= 0.3 is 29.6 Å². The Hall–Kier alpha value is 0.697. The summed E-state index contributed by atoms with van der Waals surface area (Å²) >= 11 is 0. The van der Waals surface area contributed by atoms with Crippen LogP contribution in [0.3, 0.4) is 0 Å². The number of rotatable bonds is 1. The van der Waals surface area contributed by atoms with Gasteiger partial charge in [-0.1, -0.05) is 23.8 Å². The van der Waals surface area contributed by atoms with Gasteiger partial charge in [0.25, 0.3) is 0 Å². The average molecular weight is 188 g/mol. The van der Waals surface area contributed by atoms with E-state index in [9.17, 15) is 0 Å². The van der Waals surface area contributed by atoms with Crippen molar-refractivity contribution in [3.8, 4) is 0 Å². The molecule has 0 heterocycles. The molecule has 0 nitrogen and oxygen atoms in total. The number of hydrogen-bond acceptors (Lipinski definition) is 0. The van der Waals surface area contributed by atoms with Gasteiger partial charge in [0.05, 0.1) is 0 Å². The Labute approximate surface area is 100 Å². The third kappa shape index (κ3) is 1.95. The smallest absolute Gasteiger partial charge is 0.00395 e. The summed E-state index contributed by atoms with van der Waals surface area (Å²) in [7, 11) is 1.36. The van der Waals surface area contributed by atoms with E-state index in [4.69, 9.17) is 0 Å². The van der Waals surface area contributed by atoms with E-state index in [2.05, 4.69) is 12.2 Å². The Morgan fingerprint density at radius 3 is 2.83 bits per heavy atom. The first-order valence-electron chi connectivity index (χ1n) is 4.82. The minimum Gasteiger partial charge on any atom is -0.0774 e. The van der Waals surface area contributed by atoms with Gasteiger partial charge in [-0.05, 0) is 37.2 Å². The van der Waals surface area contributed by atoms with Gasteiger partial charge in [0.15, 0.2) is 0 Å². The molecule has 1 atom stereocenters. The summed E-state index contributed by atoms with van der Waals surface area (Å²) < 4.78 is 0. The van der Waals surface area contributed by atoms with Crippen LogP contribution in [0.15, 0.2) is 23.3 Å². The molecule has 0 radical (unpaired) electrons. The standard InChI is InChI=1S/C10H16Si.Na.H/c11-7-9-6-5-8-3-1-2-4-10(8)9;;/h5-6,9H,1-4,7H2,11H3;;. The second-order valence-electron chi connectivity index (χ2n) is 3.63. The van der Waals surface area contributed by atoms with Crippen LogP contribution >= 0.6 is 0 Å². The van der Waals surface area contributed by atoms with Gasteiger partial charge in [-0.3, -0.25) is 0 Å². The average Bonchev–Trinajstić information content (AvgIpc) is 2.47. The summed E-state index contributed by atoms with van der Waals surface area (Å²) in [6.45, 7) is 0. The molecule has 62 valence electrons. The maximum absolute atomic E-state index is 2.43. The molecule has 0 saturated heterocycles. The largest absolute Gasteiger partial charge is 0.0774 e. The van der Waals surface area contributed by atoms with Crippen LogP contribution in [-0.2, 0) is 0 Å². The predicted molar refractivity (Wildman–Crippen MR) is 60.0 cm³/mol. The quantitative estimate of drug-likeness (QED) is 0.542. The van der Waals surface area contributed by atoms with Gasteiger partial charge in [0.1, 0.15) is 0 Å². The van der Waals surface area contributed by atoms with Gasteiger partial charge < -0.3 is 0 Å². The Balaban J connectivity index is 0.000000720. The minimum atomic E-state index is 0. The van der Waals surface area contributed by atoms with Crippen LogP contribution < -0.4 is 0 Å². The van der Waals surface area contributed by atoms with Crippen LogP contribution in [0, 0.1) is 5.92 Å². The molecule has 2 aliphatic carbocycles. The molecule has 2 heteroatoms. The number of allylic oxidation sites excluding steroid dienone is 4. The fourth-order valence-corrected chi connectivity index (χ4v) is 3.06. The van der Waals surface area contributed by atoms with E-state index in [1.807, 2.05) is 0 Å². The van der Waals surface area contributed by atoms with Crippen molar-refractivity contribution in [2.75, 3.05) is 0 Å². The fourth-order valence-electron chi connectivity index (χ4n) is 2.30. The third-order valence-corrected chi connectivity index (χ3v) is 3.85. The molecule has 0 fully saturated rings. The maximum Gasteiger partial charge on any atom is 0.00395 e. The van der Waals surface area contributed by atoms with Crippen molar-refractivity contribution in [2.24, 2.45) is 5.92 Å². The zero-order valence-electron chi connectivity index (χ0n) is 7.27. The monoisotopic (exact) mass is 188 g/mol. The molecule has 12 heavy (non-hydrogen) atoms. The first kappa shape index (κ1) is 10.8. The number of hydrogen-bond donors (Lipinski definition) is 0. The second kappa shape index (κ2) is 4.80. The molecule has 0 N–H and O–H groups in total. The van der Waals surface area contributed by atoms with E-state index in [1.54, 1.807) is 11.1 Å². The zero-order valence-corrected chi connectivity index (χ0v) is 9.27. The van der Waals surface area contributed by atoms with E-state index in [1.165, 1.54) is 42.0 Å². The molecule has 0 aromatic carbocycles. The summed E-state index contributed by atoms with van der Waals surface area (Å²) in [5.74, 6) is 0.872. The van der Waals surface area contributed by atoms with Crippen molar-refractivity contribution in [1.29, 1.82) is 0 Å². The van der Waals surface area contributed by atoms with Gasteiger partial charge in [0, 0.05) is 10.2 Å². The van der Waals surface area contributed by atoms with Crippen molar-refractivity contribution in [3.63, 3.8) is 0 Å². The summed E-state index contributed by atoms with van der Waals surface area (Å²) in [4.78, 5) is 0. The van der Waals surface area contributed by atoms with Crippen LogP contribution in [0.4, 0.5) is 0 Å². The molecule has 0 aromatic rings. The van der Waals surface area contributed by atoms with Gasteiger partial charge in [0.2, 0.25) is 0 Å².